The van der Waals surface area contributed by atoms with Gasteiger partial charge < -0.3 is 16.0 Å². The molecule has 4 rings (SSSR count). The van der Waals surface area contributed by atoms with E-state index in [9.17, 15) is 0 Å². The Bertz CT molecular complexity index is 895. The van der Waals surface area contributed by atoms with E-state index in [2.05, 4.69) is 45.8 Å². The molecule has 7 nitrogen and oxygen atoms in total. The molecule has 0 bridgehead atoms. The predicted molar refractivity (Wildman–Crippen MR) is 114 cm³/mol. The van der Waals surface area contributed by atoms with Crippen LogP contribution in [-0.2, 0) is 0 Å². The third-order valence-corrected chi connectivity index (χ3v) is 5.14. The van der Waals surface area contributed by atoms with Crippen LogP contribution in [0.2, 0.25) is 0 Å². The molecule has 28 heavy (non-hydrogen) atoms. The van der Waals surface area contributed by atoms with E-state index in [0.717, 1.165) is 67.4 Å². The first-order valence-corrected chi connectivity index (χ1v) is 10.2. The second-order valence-corrected chi connectivity index (χ2v) is 7.84. The van der Waals surface area contributed by atoms with Crippen molar-refractivity contribution < 1.29 is 0 Å². The maximum absolute atomic E-state index is 4.78. The Kier molecular flexibility index (Phi) is 5.71. The molecule has 3 N–H and O–H groups in total. The van der Waals surface area contributed by atoms with Gasteiger partial charge >= 0.3 is 0 Å². The maximum Gasteiger partial charge on any atom is 0.154 e. The van der Waals surface area contributed by atoms with Gasteiger partial charge in [0.05, 0.1) is 11.9 Å². The highest BCUT2D eigenvalue weighted by Crippen LogP contribution is 2.22. The van der Waals surface area contributed by atoms with Gasteiger partial charge in [0.25, 0.3) is 0 Å². The molecule has 4 heterocycles. The van der Waals surface area contributed by atoms with Crippen molar-refractivity contribution >= 4 is 17.3 Å². The summed E-state index contributed by atoms with van der Waals surface area (Å²) in [4.78, 5) is 9.05. The Morgan fingerprint density at radius 1 is 1.07 bits per heavy atom. The van der Waals surface area contributed by atoms with Gasteiger partial charge in [-0.3, -0.25) is 0 Å². The number of piperidine rings is 1. The third-order valence-electron chi connectivity index (χ3n) is 5.14. The number of fused-ring (bicyclic) bond motifs is 1. The molecule has 0 aromatic carbocycles. The molecule has 1 saturated heterocycles. The van der Waals surface area contributed by atoms with E-state index in [0.29, 0.717) is 12.0 Å². The molecule has 3 aromatic rings. The van der Waals surface area contributed by atoms with Gasteiger partial charge in [-0.2, -0.15) is 0 Å². The van der Waals surface area contributed by atoms with Crippen molar-refractivity contribution in [2.24, 2.45) is 5.92 Å². The number of nitrogens with zero attached hydrogens (tertiary/aromatic N) is 4. The van der Waals surface area contributed by atoms with Crippen LogP contribution in [0.4, 0.5) is 11.6 Å². The smallest absolute Gasteiger partial charge is 0.154 e. The zero-order chi connectivity index (χ0) is 19.3. The average molecular weight is 380 g/mol. The maximum atomic E-state index is 4.78. The number of rotatable bonds is 7. The summed E-state index contributed by atoms with van der Waals surface area (Å²) in [5.74, 6) is 2.47. The summed E-state index contributed by atoms with van der Waals surface area (Å²) in [6.45, 7) is 7.50. The molecular weight excluding hydrogens is 350 g/mol. The van der Waals surface area contributed by atoms with Crippen LogP contribution in [-0.4, -0.2) is 45.3 Å². The Labute approximate surface area is 166 Å². The van der Waals surface area contributed by atoms with Crippen molar-refractivity contribution in [2.75, 3.05) is 30.3 Å². The van der Waals surface area contributed by atoms with Crippen LogP contribution in [0.1, 0.15) is 33.1 Å². The van der Waals surface area contributed by atoms with E-state index in [1.165, 1.54) is 0 Å². The number of nitrogens with one attached hydrogen (secondary N) is 3. The number of imidazole rings is 1. The number of aromatic nitrogens is 4. The molecule has 148 valence electrons. The van der Waals surface area contributed by atoms with Crippen LogP contribution in [0.5, 0.6) is 0 Å². The number of hydrogen-bond donors (Lipinski definition) is 3. The predicted octanol–water partition coefficient (Wildman–Crippen LogP) is 3.41. The zero-order valence-electron chi connectivity index (χ0n) is 16.7. The van der Waals surface area contributed by atoms with E-state index in [1.807, 2.05) is 35.1 Å². The molecular formula is C21H29N7. The fraction of sp³-hybridized carbons (Fsp3) is 0.476. The number of hydrogen-bond acceptors (Lipinski definition) is 6. The van der Waals surface area contributed by atoms with E-state index in [1.54, 1.807) is 0 Å². The fourth-order valence-corrected chi connectivity index (χ4v) is 3.46. The van der Waals surface area contributed by atoms with Gasteiger partial charge in [-0.15, -0.1) is 5.10 Å². The molecule has 7 heteroatoms. The van der Waals surface area contributed by atoms with Crippen LogP contribution < -0.4 is 16.0 Å². The van der Waals surface area contributed by atoms with Crippen molar-refractivity contribution in [1.29, 1.82) is 0 Å². The van der Waals surface area contributed by atoms with Gasteiger partial charge in [-0.05, 0) is 62.5 Å². The van der Waals surface area contributed by atoms with Gasteiger partial charge in [0.1, 0.15) is 11.6 Å². The van der Waals surface area contributed by atoms with Gasteiger partial charge in [0, 0.05) is 24.3 Å². The summed E-state index contributed by atoms with van der Waals surface area (Å²) in [6, 6.07) is 8.58. The number of pyridine rings is 1. The fourth-order valence-electron chi connectivity index (χ4n) is 3.46. The normalized spacial score (nSPS) is 15.2. The summed E-state index contributed by atoms with van der Waals surface area (Å²) in [6.07, 6.45) is 7.11. The molecule has 1 aliphatic heterocycles. The molecule has 3 aromatic heterocycles. The first-order valence-electron chi connectivity index (χ1n) is 10.2. The molecule has 1 fully saturated rings. The van der Waals surface area contributed by atoms with Gasteiger partial charge in [-0.25, -0.2) is 14.5 Å². The van der Waals surface area contributed by atoms with Crippen molar-refractivity contribution in [3.63, 3.8) is 0 Å². The highest BCUT2D eigenvalue weighted by Gasteiger charge is 2.14. The summed E-state index contributed by atoms with van der Waals surface area (Å²) in [5.41, 5.74) is 2.80. The van der Waals surface area contributed by atoms with Crippen LogP contribution in [0.15, 0.2) is 36.7 Å². The van der Waals surface area contributed by atoms with Gasteiger partial charge in [-0.1, -0.05) is 13.8 Å². The van der Waals surface area contributed by atoms with Crippen molar-refractivity contribution in [1.82, 2.24) is 24.9 Å². The van der Waals surface area contributed by atoms with Crippen molar-refractivity contribution in [2.45, 2.75) is 39.2 Å². The monoisotopic (exact) mass is 379 g/mol. The van der Waals surface area contributed by atoms with Crippen molar-refractivity contribution in [3.05, 3.63) is 36.7 Å². The summed E-state index contributed by atoms with van der Waals surface area (Å²) < 4.78 is 1.90. The minimum absolute atomic E-state index is 0.469. The molecule has 0 unspecified atom stereocenters. The lowest BCUT2D eigenvalue weighted by molar-refractivity contribution is 0.477. The van der Waals surface area contributed by atoms with Crippen LogP contribution in [0.25, 0.3) is 16.9 Å². The molecule has 0 radical (unpaired) electrons. The summed E-state index contributed by atoms with van der Waals surface area (Å²) in [7, 11) is 0. The minimum atomic E-state index is 0.469. The molecule has 0 atom stereocenters. The first kappa shape index (κ1) is 18.7. The second-order valence-electron chi connectivity index (χ2n) is 7.84. The minimum Gasteiger partial charge on any atom is -0.370 e. The Morgan fingerprint density at radius 3 is 2.64 bits per heavy atom. The summed E-state index contributed by atoms with van der Waals surface area (Å²) >= 11 is 0. The van der Waals surface area contributed by atoms with Crippen molar-refractivity contribution in [3.8, 4) is 11.3 Å². The van der Waals surface area contributed by atoms with E-state index < -0.39 is 0 Å². The van der Waals surface area contributed by atoms with E-state index in [4.69, 9.17) is 5.10 Å². The molecule has 0 spiro atoms. The van der Waals surface area contributed by atoms with Crippen LogP contribution >= 0.6 is 0 Å². The van der Waals surface area contributed by atoms with Crippen LogP contribution in [0, 0.1) is 5.92 Å². The molecule has 0 saturated carbocycles. The third kappa shape index (κ3) is 4.42. The largest absolute Gasteiger partial charge is 0.370 e. The molecule has 0 amide bonds. The van der Waals surface area contributed by atoms with Gasteiger partial charge in [0.2, 0.25) is 0 Å². The SMILES string of the molecule is CC(C)CCNc1ccc(-c2cnc3ccc(NC4CCNCC4)nn23)cn1. The average Bonchev–Trinajstić information content (AvgIpc) is 3.12. The molecule has 1 aliphatic rings. The standard InChI is InChI=1S/C21H29N7/c1-15(2)7-12-23-19-4-3-16(13-24-19)18-14-25-21-6-5-20(27-28(18)21)26-17-8-10-22-11-9-17/h3-6,13-15,17,22H,7-12H2,1-2H3,(H,23,24)(H,26,27). The van der Waals surface area contributed by atoms with E-state index >= 15 is 0 Å². The lowest BCUT2D eigenvalue weighted by Gasteiger charge is -2.24. The lowest BCUT2D eigenvalue weighted by atomic mass is 10.1. The molecule has 0 aliphatic carbocycles. The van der Waals surface area contributed by atoms with Crippen LogP contribution in [0.3, 0.4) is 0 Å². The van der Waals surface area contributed by atoms with E-state index in [-0.39, 0.29) is 0 Å². The second kappa shape index (κ2) is 8.56. The number of anilines is 2. The Hall–Kier alpha value is -2.67. The van der Waals surface area contributed by atoms with Gasteiger partial charge in [0.15, 0.2) is 5.65 Å². The topological polar surface area (TPSA) is 79.2 Å². The highest BCUT2D eigenvalue weighted by molar-refractivity contribution is 5.64. The quantitative estimate of drug-likeness (QED) is 0.584. The highest BCUT2D eigenvalue weighted by atomic mass is 15.3. The zero-order valence-corrected chi connectivity index (χ0v) is 16.7. The Balaban J connectivity index is 1.50. The first-order chi connectivity index (χ1) is 13.7. The lowest BCUT2D eigenvalue weighted by Crippen LogP contribution is -2.35. The summed E-state index contributed by atoms with van der Waals surface area (Å²) in [5, 5.41) is 15.1. The Morgan fingerprint density at radius 2 is 1.89 bits per heavy atom.